The summed E-state index contributed by atoms with van der Waals surface area (Å²) in [5.74, 6) is 0.199. The van der Waals surface area contributed by atoms with E-state index in [0.717, 1.165) is 36.0 Å². The summed E-state index contributed by atoms with van der Waals surface area (Å²) in [7, 11) is 0. The minimum Gasteiger partial charge on any atom is -0.338 e. The average molecular weight is 328 g/mol. The summed E-state index contributed by atoms with van der Waals surface area (Å²) in [4.78, 5) is 14.7. The highest BCUT2D eigenvalue weighted by atomic mass is 79.9. The number of nitrogens with zero attached hydrogens (tertiary/aromatic N) is 3. The number of amides is 1. The minimum atomic E-state index is -0.224. The Labute approximate surface area is 123 Å². The molecule has 1 saturated heterocycles. The minimum absolute atomic E-state index is 0.199. The molecule has 0 aliphatic carbocycles. The van der Waals surface area contributed by atoms with Crippen LogP contribution >= 0.6 is 15.9 Å². The van der Waals surface area contributed by atoms with E-state index < -0.39 is 0 Å². The van der Waals surface area contributed by atoms with Gasteiger partial charge in [0.2, 0.25) is 5.91 Å². The second-order valence-electron chi connectivity index (χ2n) is 5.29. The van der Waals surface area contributed by atoms with Crippen molar-refractivity contribution in [3.05, 3.63) is 16.4 Å². The fraction of sp³-hybridized carbons (Fsp3) is 0.714. The van der Waals surface area contributed by atoms with Crippen molar-refractivity contribution in [1.82, 2.24) is 14.7 Å². The molecule has 0 radical (unpaired) electrons. The van der Waals surface area contributed by atoms with E-state index in [1.54, 1.807) is 6.20 Å². The van der Waals surface area contributed by atoms with Crippen LogP contribution in [0.5, 0.6) is 0 Å². The van der Waals surface area contributed by atoms with Crippen molar-refractivity contribution in [1.29, 1.82) is 0 Å². The lowest BCUT2D eigenvalue weighted by molar-refractivity contribution is -0.138. The summed E-state index contributed by atoms with van der Waals surface area (Å²) in [6.07, 6.45) is 6.30. The molecule has 2 heterocycles. The third kappa shape index (κ3) is 2.86. The topological polar surface area (TPSA) is 38.1 Å². The van der Waals surface area contributed by atoms with Crippen LogP contribution in [-0.4, -0.2) is 33.2 Å². The van der Waals surface area contributed by atoms with Gasteiger partial charge in [0.05, 0.1) is 16.4 Å². The first-order valence-electron chi connectivity index (χ1n) is 7.06. The van der Waals surface area contributed by atoms with Gasteiger partial charge >= 0.3 is 0 Å². The summed E-state index contributed by atoms with van der Waals surface area (Å²) >= 11 is 3.45. The maximum atomic E-state index is 12.7. The first-order chi connectivity index (χ1) is 9.06. The molecule has 2 atom stereocenters. The summed E-state index contributed by atoms with van der Waals surface area (Å²) in [5, 5.41) is 4.30. The van der Waals surface area contributed by atoms with Gasteiger partial charge in [-0.15, -0.1) is 0 Å². The van der Waals surface area contributed by atoms with Crippen molar-refractivity contribution in [2.75, 3.05) is 6.54 Å². The lowest BCUT2D eigenvalue weighted by atomic mass is 9.99. The Balaban J connectivity index is 2.16. The lowest BCUT2D eigenvalue weighted by Crippen LogP contribution is -2.46. The predicted molar refractivity (Wildman–Crippen MR) is 79.0 cm³/mol. The van der Waals surface area contributed by atoms with Crippen molar-refractivity contribution in [3.63, 3.8) is 0 Å². The zero-order valence-corrected chi connectivity index (χ0v) is 13.5. The molecule has 0 unspecified atom stereocenters. The lowest BCUT2D eigenvalue weighted by Gasteiger charge is -2.37. The second-order valence-corrected chi connectivity index (χ2v) is 6.14. The van der Waals surface area contributed by atoms with Crippen molar-refractivity contribution >= 4 is 21.8 Å². The van der Waals surface area contributed by atoms with Crippen LogP contribution in [0.4, 0.5) is 0 Å². The van der Waals surface area contributed by atoms with Gasteiger partial charge in [-0.05, 0) is 55.5 Å². The second kappa shape index (κ2) is 6.07. The first-order valence-corrected chi connectivity index (χ1v) is 7.85. The molecule has 1 aliphatic rings. The van der Waals surface area contributed by atoms with Gasteiger partial charge in [0.1, 0.15) is 6.04 Å². The van der Waals surface area contributed by atoms with Gasteiger partial charge in [-0.25, -0.2) is 0 Å². The third-order valence-corrected chi connectivity index (χ3v) is 4.87. The standard InChI is InChI=1S/C14H22BrN3O/c1-4-12-7-5-6-8-17(12)14(19)11(3)18-10(2)13(15)9-16-18/h9,11-12H,4-8H2,1-3H3/t11-,12-/m1/s1. The van der Waals surface area contributed by atoms with E-state index in [-0.39, 0.29) is 11.9 Å². The number of rotatable bonds is 3. The van der Waals surface area contributed by atoms with Crippen molar-refractivity contribution in [2.24, 2.45) is 0 Å². The fourth-order valence-electron chi connectivity index (χ4n) is 2.85. The van der Waals surface area contributed by atoms with Gasteiger partial charge < -0.3 is 4.90 Å². The maximum Gasteiger partial charge on any atom is 0.247 e. The molecule has 1 fully saturated rings. The van der Waals surface area contributed by atoms with E-state index in [1.807, 2.05) is 18.5 Å². The third-order valence-electron chi connectivity index (χ3n) is 4.09. The Morgan fingerprint density at radius 3 is 2.89 bits per heavy atom. The number of aromatic nitrogens is 2. The maximum absolute atomic E-state index is 12.7. The Morgan fingerprint density at radius 1 is 1.58 bits per heavy atom. The molecule has 1 amide bonds. The molecular weight excluding hydrogens is 306 g/mol. The van der Waals surface area contributed by atoms with Crippen LogP contribution in [0.2, 0.25) is 0 Å². The highest BCUT2D eigenvalue weighted by molar-refractivity contribution is 9.10. The summed E-state index contributed by atoms with van der Waals surface area (Å²) in [6, 6.07) is 0.182. The molecule has 106 valence electrons. The molecule has 1 aromatic rings. The number of hydrogen-bond acceptors (Lipinski definition) is 2. The van der Waals surface area contributed by atoms with Gasteiger partial charge in [0.25, 0.3) is 0 Å². The van der Waals surface area contributed by atoms with Crippen LogP contribution in [0.3, 0.4) is 0 Å². The summed E-state index contributed by atoms with van der Waals surface area (Å²) < 4.78 is 2.77. The van der Waals surface area contributed by atoms with E-state index in [9.17, 15) is 4.79 Å². The molecule has 0 spiro atoms. The van der Waals surface area contributed by atoms with Crippen molar-refractivity contribution < 1.29 is 4.79 Å². The summed E-state index contributed by atoms with van der Waals surface area (Å²) in [6.45, 7) is 6.98. The quantitative estimate of drug-likeness (QED) is 0.854. The Kier molecular flexibility index (Phi) is 4.66. The van der Waals surface area contributed by atoms with Crippen LogP contribution in [0.15, 0.2) is 10.7 Å². The molecule has 0 aromatic carbocycles. The van der Waals surface area contributed by atoms with Crippen molar-refractivity contribution in [2.45, 2.75) is 58.5 Å². The smallest absolute Gasteiger partial charge is 0.247 e. The van der Waals surface area contributed by atoms with E-state index in [2.05, 4.69) is 32.9 Å². The molecule has 19 heavy (non-hydrogen) atoms. The van der Waals surface area contributed by atoms with Gasteiger partial charge in [0, 0.05) is 12.6 Å². The van der Waals surface area contributed by atoms with Gasteiger partial charge in [-0.2, -0.15) is 5.10 Å². The SMILES string of the molecule is CC[C@@H]1CCCCN1C(=O)[C@@H](C)n1ncc(Br)c1C. The van der Waals surface area contributed by atoms with Crippen LogP contribution in [0.1, 0.15) is 51.3 Å². The largest absolute Gasteiger partial charge is 0.338 e. The molecule has 0 bridgehead atoms. The molecule has 5 heteroatoms. The average Bonchev–Trinajstić information content (AvgIpc) is 2.77. The Bertz CT molecular complexity index is 458. The molecule has 0 saturated carbocycles. The zero-order valence-electron chi connectivity index (χ0n) is 11.9. The first kappa shape index (κ1) is 14.6. The van der Waals surface area contributed by atoms with Crippen LogP contribution in [0, 0.1) is 6.92 Å². The molecule has 2 rings (SSSR count). The molecule has 4 nitrogen and oxygen atoms in total. The summed E-state index contributed by atoms with van der Waals surface area (Å²) in [5.41, 5.74) is 1.01. The van der Waals surface area contributed by atoms with Crippen molar-refractivity contribution in [3.8, 4) is 0 Å². The van der Waals surface area contributed by atoms with Gasteiger partial charge in [-0.1, -0.05) is 6.92 Å². The van der Waals surface area contributed by atoms with Crippen LogP contribution < -0.4 is 0 Å². The van der Waals surface area contributed by atoms with Crippen LogP contribution in [0.25, 0.3) is 0 Å². The zero-order chi connectivity index (χ0) is 14.0. The van der Waals surface area contributed by atoms with E-state index in [4.69, 9.17) is 0 Å². The Morgan fingerprint density at radius 2 is 2.32 bits per heavy atom. The fourth-order valence-corrected chi connectivity index (χ4v) is 3.13. The van der Waals surface area contributed by atoms with Crippen LogP contribution in [-0.2, 0) is 4.79 Å². The predicted octanol–water partition coefficient (Wildman–Crippen LogP) is 3.31. The van der Waals surface area contributed by atoms with Gasteiger partial charge in [-0.3, -0.25) is 9.48 Å². The molecule has 0 N–H and O–H groups in total. The number of carbonyl (C=O) groups is 1. The van der Waals surface area contributed by atoms with E-state index in [1.165, 1.54) is 6.42 Å². The molecule has 1 aliphatic heterocycles. The number of carbonyl (C=O) groups excluding carboxylic acids is 1. The monoisotopic (exact) mass is 327 g/mol. The highest BCUT2D eigenvalue weighted by Gasteiger charge is 2.30. The number of hydrogen-bond donors (Lipinski definition) is 0. The van der Waals surface area contributed by atoms with Gasteiger partial charge in [0.15, 0.2) is 0 Å². The molecular formula is C14H22BrN3O. The number of piperidine rings is 1. The number of likely N-dealkylation sites (tertiary alicyclic amines) is 1. The number of halogens is 1. The Hall–Kier alpha value is -0.840. The molecule has 1 aromatic heterocycles. The van der Waals surface area contributed by atoms with E-state index in [0.29, 0.717) is 6.04 Å². The highest BCUT2D eigenvalue weighted by Crippen LogP contribution is 2.25. The van der Waals surface area contributed by atoms with E-state index >= 15 is 0 Å². The normalized spacial score (nSPS) is 21.5.